The fourth-order valence-electron chi connectivity index (χ4n) is 2.94. The fourth-order valence-corrected chi connectivity index (χ4v) is 2.94. The third kappa shape index (κ3) is 5.26. The molecular formula is C23H25N3O4. The minimum atomic E-state index is -0.147. The van der Waals surface area contributed by atoms with E-state index >= 15 is 0 Å². The maximum absolute atomic E-state index is 12.0. The topological polar surface area (TPSA) is 73.8 Å². The Bertz CT molecular complexity index is 939. The number of methoxy groups -OCH3 is 3. The summed E-state index contributed by atoms with van der Waals surface area (Å²) in [5.41, 5.74) is 2.42. The van der Waals surface area contributed by atoms with E-state index in [4.69, 9.17) is 14.2 Å². The van der Waals surface area contributed by atoms with Crippen LogP contribution in [0.5, 0.6) is 17.4 Å². The van der Waals surface area contributed by atoms with Crippen LogP contribution < -0.4 is 19.1 Å². The van der Waals surface area contributed by atoms with Crippen LogP contribution in [-0.4, -0.2) is 37.1 Å². The van der Waals surface area contributed by atoms with E-state index in [9.17, 15) is 4.79 Å². The second-order valence-electron chi connectivity index (χ2n) is 6.70. The summed E-state index contributed by atoms with van der Waals surface area (Å²) in [4.78, 5) is 22.9. The number of ketones is 1. The Kier molecular flexibility index (Phi) is 6.85. The maximum atomic E-state index is 12.0. The monoisotopic (exact) mass is 407 g/mol. The van der Waals surface area contributed by atoms with Crippen LogP contribution in [0.15, 0.2) is 54.6 Å². The van der Waals surface area contributed by atoms with Crippen LogP contribution >= 0.6 is 0 Å². The highest BCUT2D eigenvalue weighted by molar-refractivity contribution is 5.92. The molecule has 0 radical (unpaired) electrons. The van der Waals surface area contributed by atoms with Gasteiger partial charge in [-0.25, -0.2) is 4.98 Å². The molecule has 3 aromatic rings. The highest BCUT2D eigenvalue weighted by Gasteiger charge is 2.16. The maximum Gasteiger partial charge on any atom is 0.229 e. The quantitative estimate of drug-likeness (QED) is 0.498. The van der Waals surface area contributed by atoms with E-state index in [1.165, 1.54) is 14.0 Å². The summed E-state index contributed by atoms with van der Waals surface area (Å²) in [6, 6.07) is 17.2. The molecule has 1 heterocycles. The third-order valence-electron chi connectivity index (χ3n) is 4.61. The molecule has 0 saturated carbocycles. The van der Waals surface area contributed by atoms with Gasteiger partial charge in [-0.3, -0.25) is 4.79 Å². The molecule has 0 amide bonds. The smallest absolute Gasteiger partial charge is 0.229 e. The Morgan fingerprint density at radius 1 is 0.800 bits per heavy atom. The van der Waals surface area contributed by atoms with Gasteiger partial charge in [0.25, 0.3) is 0 Å². The fraction of sp³-hybridized carbons (Fsp3) is 0.261. The van der Waals surface area contributed by atoms with Gasteiger partial charge >= 0.3 is 0 Å². The van der Waals surface area contributed by atoms with Crippen molar-refractivity contribution in [1.82, 2.24) is 9.97 Å². The molecule has 7 heteroatoms. The average molecular weight is 407 g/mol. The molecule has 0 bridgehead atoms. The highest BCUT2D eigenvalue weighted by atomic mass is 16.5. The van der Waals surface area contributed by atoms with E-state index in [0.29, 0.717) is 30.6 Å². The first-order valence-electron chi connectivity index (χ1n) is 9.47. The molecule has 0 aliphatic carbocycles. The Labute approximate surface area is 176 Å². The van der Waals surface area contributed by atoms with Crippen LogP contribution in [0.1, 0.15) is 28.5 Å². The minimum Gasteiger partial charge on any atom is -0.497 e. The molecule has 0 atom stereocenters. The van der Waals surface area contributed by atoms with Crippen molar-refractivity contribution in [3.05, 3.63) is 71.4 Å². The van der Waals surface area contributed by atoms with Gasteiger partial charge in [-0.15, -0.1) is 0 Å². The molecule has 2 aromatic carbocycles. The van der Waals surface area contributed by atoms with E-state index in [1.807, 2.05) is 53.4 Å². The SMILES string of the molecule is COc1ccc(CN(Cc2ccc(OC)cc2)c2nc(OC)cc(C(C)=O)n2)cc1. The summed E-state index contributed by atoms with van der Waals surface area (Å²) >= 11 is 0. The zero-order valence-electron chi connectivity index (χ0n) is 17.6. The third-order valence-corrected chi connectivity index (χ3v) is 4.61. The summed E-state index contributed by atoms with van der Waals surface area (Å²) in [6.07, 6.45) is 0. The molecule has 156 valence electrons. The van der Waals surface area contributed by atoms with Gasteiger partial charge in [-0.1, -0.05) is 24.3 Å². The zero-order chi connectivity index (χ0) is 21.5. The van der Waals surface area contributed by atoms with Gasteiger partial charge in [-0.2, -0.15) is 4.98 Å². The van der Waals surface area contributed by atoms with Crippen molar-refractivity contribution in [2.24, 2.45) is 0 Å². The van der Waals surface area contributed by atoms with Crippen molar-refractivity contribution in [2.45, 2.75) is 20.0 Å². The number of aromatic nitrogens is 2. The number of anilines is 1. The Morgan fingerprint density at radius 2 is 1.30 bits per heavy atom. The molecule has 1 aromatic heterocycles. The molecule has 0 N–H and O–H groups in total. The Balaban J connectivity index is 1.96. The molecule has 30 heavy (non-hydrogen) atoms. The van der Waals surface area contributed by atoms with Gasteiger partial charge in [-0.05, 0) is 35.4 Å². The van der Waals surface area contributed by atoms with Crippen molar-refractivity contribution in [2.75, 3.05) is 26.2 Å². The number of benzene rings is 2. The van der Waals surface area contributed by atoms with Gasteiger partial charge in [0.2, 0.25) is 11.8 Å². The lowest BCUT2D eigenvalue weighted by atomic mass is 10.1. The standard InChI is InChI=1S/C23H25N3O4/c1-16(27)21-13-22(30-4)25-23(24-21)26(14-17-5-9-19(28-2)10-6-17)15-18-7-11-20(29-3)12-8-18/h5-13H,14-15H2,1-4H3. The number of Topliss-reactive ketones (excluding diaryl/α,β-unsaturated/α-hetero) is 1. The van der Waals surface area contributed by atoms with Crippen molar-refractivity contribution >= 4 is 11.7 Å². The van der Waals surface area contributed by atoms with E-state index in [-0.39, 0.29) is 5.78 Å². The van der Waals surface area contributed by atoms with Crippen molar-refractivity contribution in [3.8, 4) is 17.4 Å². The Morgan fingerprint density at radius 3 is 1.70 bits per heavy atom. The van der Waals surface area contributed by atoms with Gasteiger partial charge in [0.15, 0.2) is 5.78 Å². The van der Waals surface area contributed by atoms with Gasteiger partial charge in [0, 0.05) is 26.1 Å². The highest BCUT2D eigenvalue weighted by Crippen LogP contribution is 2.22. The van der Waals surface area contributed by atoms with Crippen LogP contribution in [0, 0.1) is 0 Å². The molecule has 0 saturated heterocycles. The first kappa shape index (κ1) is 21.1. The second-order valence-corrected chi connectivity index (χ2v) is 6.70. The number of rotatable bonds is 9. The molecule has 0 aliphatic heterocycles. The number of carbonyl (C=O) groups excluding carboxylic acids is 1. The van der Waals surface area contributed by atoms with Crippen LogP contribution in [0.25, 0.3) is 0 Å². The first-order chi connectivity index (χ1) is 14.5. The molecule has 0 fully saturated rings. The minimum absolute atomic E-state index is 0.147. The summed E-state index contributed by atoms with van der Waals surface area (Å²) < 4.78 is 15.8. The number of nitrogens with zero attached hydrogens (tertiary/aromatic N) is 3. The number of hydrogen-bond donors (Lipinski definition) is 0. The largest absolute Gasteiger partial charge is 0.497 e. The van der Waals surface area contributed by atoms with Gasteiger partial charge < -0.3 is 19.1 Å². The van der Waals surface area contributed by atoms with E-state index in [1.54, 1.807) is 20.3 Å². The van der Waals surface area contributed by atoms with Crippen molar-refractivity contribution in [3.63, 3.8) is 0 Å². The molecule has 3 rings (SSSR count). The van der Waals surface area contributed by atoms with E-state index < -0.39 is 0 Å². The van der Waals surface area contributed by atoms with Crippen LogP contribution in [0.3, 0.4) is 0 Å². The second kappa shape index (κ2) is 9.73. The first-order valence-corrected chi connectivity index (χ1v) is 9.47. The lowest BCUT2D eigenvalue weighted by Gasteiger charge is -2.24. The van der Waals surface area contributed by atoms with Crippen molar-refractivity contribution in [1.29, 1.82) is 0 Å². The summed E-state index contributed by atoms with van der Waals surface area (Å²) in [5, 5.41) is 0. The van der Waals surface area contributed by atoms with Gasteiger partial charge in [0.05, 0.1) is 21.3 Å². The van der Waals surface area contributed by atoms with Crippen LogP contribution in [0.2, 0.25) is 0 Å². The van der Waals surface area contributed by atoms with Crippen LogP contribution in [-0.2, 0) is 13.1 Å². The molecule has 7 nitrogen and oxygen atoms in total. The summed E-state index contributed by atoms with van der Waals surface area (Å²) in [7, 11) is 4.80. The van der Waals surface area contributed by atoms with E-state index in [2.05, 4.69) is 9.97 Å². The molecular weight excluding hydrogens is 382 g/mol. The molecule has 0 aliphatic rings. The number of carbonyl (C=O) groups is 1. The normalized spacial score (nSPS) is 10.4. The average Bonchev–Trinajstić information content (AvgIpc) is 2.79. The van der Waals surface area contributed by atoms with Crippen LogP contribution in [0.4, 0.5) is 5.95 Å². The Hall–Kier alpha value is -3.61. The number of ether oxygens (including phenoxy) is 3. The van der Waals surface area contributed by atoms with Crippen molar-refractivity contribution < 1.29 is 19.0 Å². The zero-order valence-corrected chi connectivity index (χ0v) is 17.6. The number of hydrogen-bond acceptors (Lipinski definition) is 7. The predicted octanol–water partition coefficient (Wildman–Crippen LogP) is 3.91. The van der Waals surface area contributed by atoms with E-state index in [0.717, 1.165) is 22.6 Å². The predicted molar refractivity (Wildman–Crippen MR) is 114 cm³/mol. The lowest BCUT2D eigenvalue weighted by Crippen LogP contribution is -2.25. The summed E-state index contributed by atoms with van der Waals surface area (Å²) in [5.74, 6) is 2.20. The lowest BCUT2D eigenvalue weighted by molar-refractivity contribution is 0.101. The summed E-state index contributed by atoms with van der Waals surface area (Å²) in [6.45, 7) is 2.56. The molecule has 0 spiro atoms. The van der Waals surface area contributed by atoms with Gasteiger partial charge in [0.1, 0.15) is 17.2 Å². The molecule has 0 unspecified atom stereocenters.